The number of sulfonamides is 1. The maximum atomic E-state index is 13.5. The fraction of sp³-hybridized carbons (Fsp3) is 0.250. The highest BCUT2D eigenvalue weighted by atomic mass is 32.2. The molecule has 0 aliphatic carbocycles. The molecule has 0 spiro atoms. The van der Waals surface area contributed by atoms with E-state index in [1.54, 1.807) is 6.07 Å². The van der Waals surface area contributed by atoms with Gasteiger partial charge in [-0.05, 0) is 35.9 Å². The van der Waals surface area contributed by atoms with Crippen LogP contribution in [-0.4, -0.2) is 22.1 Å². The molecular formula is C16H16F3NO3S. The van der Waals surface area contributed by atoms with Crippen LogP contribution in [0.25, 0.3) is 0 Å². The minimum atomic E-state index is -3.93. The molecule has 1 unspecified atom stereocenters. The lowest BCUT2D eigenvalue weighted by Gasteiger charge is -2.17. The number of hydrogen-bond acceptors (Lipinski definition) is 3. The van der Waals surface area contributed by atoms with E-state index in [1.165, 1.54) is 25.3 Å². The summed E-state index contributed by atoms with van der Waals surface area (Å²) in [6.45, 7) is -0.167. The SMILES string of the molecule is COC(CNS(=O)(=O)Cc1cc(F)ccc1F)c1cccc(F)c1. The predicted molar refractivity (Wildman–Crippen MR) is 83.1 cm³/mol. The Bertz CT molecular complexity index is 812. The first kappa shape index (κ1) is 18.4. The molecule has 8 heteroatoms. The Morgan fingerprint density at radius 1 is 1.08 bits per heavy atom. The van der Waals surface area contributed by atoms with Crippen molar-refractivity contribution >= 4 is 10.0 Å². The Morgan fingerprint density at radius 2 is 1.79 bits per heavy atom. The van der Waals surface area contributed by atoms with E-state index in [-0.39, 0.29) is 12.1 Å². The smallest absolute Gasteiger partial charge is 0.215 e. The Morgan fingerprint density at radius 3 is 2.46 bits per heavy atom. The van der Waals surface area contributed by atoms with Gasteiger partial charge in [-0.25, -0.2) is 26.3 Å². The summed E-state index contributed by atoms with van der Waals surface area (Å²) < 4.78 is 71.4. The van der Waals surface area contributed by atoms with Crippen molar-refractivity contribution in [2.24, 2.45) is 0 Å². The van der Waals surface area contributed by atoms with Crippen LogP contribution in [-0.2, 0) is 20.5 Å². The van der Waals surface area contributed by atoms with Gasteiger partial charge in [0.2, 0.25) is 10.0 Å². The van der Waals surface area contributed by atoms with Crippen LogP contribution in [0.15, 0.2) is 42.5 Å². The van der Waals surface area contributed by atoms with Crippen molar-refractivity contribution in [2.75, 3.05) is 13.7 Å². The van der Waals surface area contributed by atoms with Crippen molar-refractivity contribution in [3.63, 3.8) is 0 Å². The highest BCUT2D eigenvalue weighted by molar-refractivity contribution is 7.88. The zero-order valence-corrected chi connectivity index (χ0v) is 13.6. The van der Waals surface area contributed by atoms with E-state index in [0.29, 0.717) is 5.56 Å². The molecule has 130 valence electrons. The molecule has 0 saturated heterocycles. The normalized spacial score (nSPS) is 13.0. The molecule has 0 bridgehead atoms. The minimum Gasteiger partial charge on any atom is -0.375 e. The summed E-state index contributed by atoms with van der Waals surface area (Å²) in [5, 5.41) is 0. The summed E-state index contributed by atoms with van der Waals surface area (Å²) in [6.07, 6.45) is -0.715. The Kier molecular flexibility index (Phi) is 5.98. The van der Waals surface area contributed by atoms with Crippen LogP contribution in [0.3, 0.4) is 0 Å². The number of nitrogens with one attached hydrogen (secondary N) is 1. The Hall–Kier alpha value is -1.90. The van der Waals surface area contributed by atoms with Crippen molar-refractivity contribution < 1.29 is 26.3 Å². The molecule has 0 heterocycles. The molecule has 1 atom stereocenters. The maximum absolute atomic E-state index is 13.5. The van der Waals surface area contributed by atoms with Gasteiger partial charge in [-0.3, -0.25) is 0 Å². The van der Waals surface area contributed by atoms with Gasteiger partial charge < -0.3 is 4.74 Å². The molecular weight excluding hydrogens is 343 g/mol. The van der Waals surface area contributed by atoms with Gasteiger partial charge in [0.1, 0.15) is 17.5 Å². The van der Waals surface area contributed by atoms with Gasteiger partial charge in [0.05, 0.1) is 11.9 Å². The first-order valence-electron chi connectivity index (χ1n) is 7.00. The average molecular weight is 359 g/mol. The molecule has 24 heavy (non-hydrogen) atoms. The van der Waals surface area contributed by atoms with Crippen LogP contribution < -0.4 is 4.72 Å². The molecule has 0 aliphatic heterocycles. The number of halogens is 3. The van der Waals surface area contributed by atoms with E-state index in [0.717, 1.165) is 18.2 Å². The summed E-state index contributed by atoms with van der Waals surface area (Å²) in [5.41, 5.74) is 0.180. The lowest BCUT2D eigenvalue weighted by Crippen LogP contribution is -2.30. The van der Waals surface area contributed by atoms with E-state index in [1.807, 2.05) is 0 Å². The van der Waals surface area contributed by atoms with E-state index in [2.05, 4.69) is 4.72 Å². The third-order valence-corrected chi connectivity index (χ3v) is 4.64. The first-order chi connectivity index (χ1) is 11.3. The van der Waals surface area contributed by atoms with Crippen LogP contribution in [0.2, 0.25) is 0 Å². The second-order valence-electron chi connectivity index (χ2n) is 5.12. The van der Waals surface area contributed by atoms with Crippen molar-refractivity contribution in [3.8, 4) is 0 Å². The highest BCUT2D eigenvalue weighted by Gasteiger charge is 2.19. The Labute approximate surface area is 138 Å². The van der Waals surface area contributed by atoms with Gasteiger partial charge in [0.15, 0.2) is 0 Å². The first-order valence-corrected chi connectivity index (χ1v) is 8.65. The second kappa shape index (κ2) is 7.78. The van der Waals surface area contributed by atoms with Crippen LogP contribution in [0.1, 0.15) is 17.2 Å². The van der Waals surface area contributed by atoms with E-state index in [4.69, 9.17) is 4.74 Å². The molecule has 0 aromatic heterocycles. The maximum Gasteiger partial charge on any atom is 0.215 e. The Balaban J connectivity index is 2.07. The molecule has 1 N–H and O–H groups in total. The van der Waals surface area contributed by atoms with Crippen molar-refractivity contribution in [2.45, 2.75) is 11.9 Å². The summed E-state index contributed by atoms with van der Waals surface area (Å²) in [6, 6.07) is 8.16. The average Bonchev–Trinajstić information content (AvgIpc) is 2.51. The number of hydrogen-bond donors (Lipinski definition) is 1. The summed E-state index contributed by atoms with van der Waals surface area (Å²) in [4.78, 5) is 0. The number of benzene rings is 2. The van der Waals surface area contributed by atoms with Gasteiger partial charge in [-0.1, -0.05) is 12.1 Å². The summed E-state index contributed by atoms with van der Waals surface area (Å²) >= 11 is 0. The summed E-state index contributed by atoms with van der Waals surface area (Å²) in [5.74, 6) is -2.72. The molecule has 2 rings (SSSR count). The van der Waals surface area contributed by atoms with Gasteiger partial charge >= 0.3 is 0 Å². The fourth-order valence-corrected chi connectivity index (χ4v) is 3.29. The molecule has 0 fully saturated rings. The minimum absolute atomic E-state index is 0.167. The van der Waals surface area contributed by atoms with Gasteiger partial charge in [0.25, 0.3) is 0 Å². The lowest BCUT2D eigenvalue weighted by atomic mass is 10.1. The van der Waals surface area contributed by atoms with Crippen LogP contribution in [0.4, 0.5) is 13.2 Å². The zero-order chi connectivity index (χ0) is 17.7. The summed E-state index contributed by atoms with van der Waals surface area (Å²) in [7, 11) is -2.57. The largest absolute Gasteiger partial charge is 0.375 e. The molecule has 0 radical (unpaired) electrons. The van der Waals surface area contributed by atoms with Gasteiger partial charge in [-0.15, -0.1) is 0 Å². The van der Waals surface area contributed by atoms with Crippen molar-refractivity contribution in [1.82, 2.24) is 4.72 Å². The predicted octanol–water partition coefficient (Wildman–Crippen LogP) is 2.91. The zero-order valence-electron chi connectivity index (χ0n) is 12.8. The second-order valence-corrected chi connectivity index (χ2v) is 6.93. The standard InChI is InChI=1S/C16H16F3NO3S/c1-23-16(11-3-2-4-13(17)7-11)9-20-24(21,22)10-12-8-14(18)5-6-15(12)19/h2-8,16,20H,9-10H2,1H3. The fourth-order valence-electron chi connectivity index (χ4n) is 2.16. The van der Waals surface area contributed by atoms with Crippen molar-refractivity contribution in [3.05, 3.63) is 71.0 Å². The van der Waals surface area contributed by atoms with Gasteiger partial charge in [-0.2, -0.15) is 0 Å². The molecule has 2 aromatic carbocycles. The van der Waals surface area contributed by atoms with E-state index >= 15 is 0 Å². The molecule has 0 aliphatic rings. The van der Waals surface area contributed by atoms with E-state index in [9.17, 15) is 21.6 Å². The molecule has 0 amide bonds. The van der Waals surface area contributed by atoms with Crippen LogP contribution in [0.5, 0.6) is 0 Å². The third kappa shape index (κ3) is 5.05. The van der Waals surface area contributed by atoms with Gasteiger partial charge in [0, 0.05) is 19.2 Å². The molecule has 4 nitrogen and oxygen atoms in total. The lowest BCUT2D eigenvalue weighted by molar-refractivity contribution is 0.107. The number of methoxy groups -OCH3 is 1. The quantitative estimate of drug-likeness (QED) is 0.827. The van der Waals surface area contributed by atoms with E-state index < -0.39 is 39.3 Å². The monoisotopic (exact) mass is 359 g/mol. The molecule has 2 aromatic rings. The number of ether oxygens (including phenoxy) is 1. The van der Waals surface area contributed by atoms with Crippen LogP contribution >= 0.6 is 0 Å². The third-order valence-electron chi connectivity index (χ3n) is 3.35. The number of rotatable bonds is 7. The van der Waals surface area contributed by atoms with Crippen LogP contribution in [0, 0.1) is 17.5 Å². The molecule has 0 saturated carbocycles. The highest BCUT2D eigenvalue weighted by Crippen LogP contribution is 2.18. The van der Waals surface area contributed by atoms with Crippen molar-refractivity contribution in [1.29, 1.82) is 0 Å². The topological polar surface area (TPSA) is 55.4 Å².